The first-order valence-corrected chi connectivity index (χ1v) is 6.56. The molecule has 0 bridgehead atoms. The van der Waals surface area contributed by atoms with Gasteiger partial charge in [0.15, 0.2) is 0 Å². The van der Waals surface area contributed by atoms with Gasteiger partial charge in [-0.05, 0) is 32.4 Å². The summed E-state index contributed by atoms with van der Waals surface area (Å²) in [6.07, 6.45) is 1.81. The minimum absolute atomic E-state index is 0.297. The highest BCUT2D eigenvalue weighted by Gasteiger charge is 2.31. The zero-order valence-corrected chi connectivity index (χ0v) is 11.0. The first kappa shape index (κ1) is 14.8. The average molecular weight is 233 g/mol. The Morgan fingerprint density at radius 1 is 1.53 bits per heavy atom. The molecule has 4 heteroatoms. The number of thioether (sulfide) groups is 1. The minimum atomic E-state index is -0.851. The maximum Gasteiger partial charge on any atom is 0.325 e. The molecule has 90 valence electrons. The molecule has 0 aliphatic carbocycles. The number of rotatable bonds is 7. The maximum absolute atomic E-state index is 11.5. The van der Waals surface area contributed by atoms with Crippen molar-refractivity contribution in [1.82, 2.24) is 0 Å². The molecule has 0 aromatic heterocycles. The van der Waals surface area contributed by atoms with Crippen LogP contribution in [0.2, 0.25) is 0 Å². The van der Waals surface area contributed by atoms with Gasteiger partial charge in [-0.1, -0.05) is 13.8 Å². The molecule has 0 fully saturated rings. The van der Waals surface area contributed by atoms with Crippen molar-refractivity contribution in [1.29, 1.82) is 0 Å². The van der Waals surface area contributed by atoms with E-state index in [1.165, 1.54) is 0 Å². The Balaban J connectivity index is 4.05. The van der Waals surface area contributed by atoms with Gasteiger partial charge in [0.2, 0.25) is 0 Å². The summed E-state index contributed by atoms with van der Waals surface area (Å²) >= 11 is 1.85. The van der Waals surface area contributed by atoms with E-state index in [0.717, 1.165) is 12.2 Å². The van der Waals surface area contributed by atoms with Gasteiger partial charge in [0.05, 0.1) is 6.61 Å². The number of nitrogens with two attached hydrogens (primary N) is 1. The Morgan fingerprint density at radius 3 is 2.60 bits per heavy atom. The predicted molar refractivity (Wildman–Crippen MR) is 66.1 cm³/mol. The first-order chi connectivity index (χ1) is 6.94. The van der Waals surface area contributed by atoms with Crippen molar-refractivity contribution < 1.29 is 9.53 Å². The monoisotopic (exact) mass is 233 g/mol. The molecular weight excluding hydrogens is 210 g/mol. The van der Waals surface area contributed by atoms with Crippen LogP contribution in [0, 0.1) is 0 Å². The molecule has 0 amide bonds. The van der Waals surface area contributed by atoms with Crippen LogP contribution in [-0.4, -0.2) is 29.1 Å². The standard InChI is InChI=1S/C11H23NO2S/c1-5-7-15-9(3)8-11(4,12)10(13)14-6-2/h9H,5-8,12H2,1-4H3. The van der Waals surface area contributed by atoms with E-state index < -0.39 is 5.54 Å². The van der Waals surface area contributed by atoms with E-state index in [0.29, 0.717) is 18.3 Å². The molecule has 0 radical (unpaired) electrons. The molecule has 2 atom stereocenters. The number of hydrogen-bond donors (Lipinski definition) is 1. The van der Waals surface area contributed by atoms with Crippen molar-refractivity contribution in [3.8, 4) is 0 Å². The third kappa shape index (κ3) is 6.05. The summed E-state index contributed by atoms with van der Waals surface area (Å²) in [4.78, 5) is 11.5. The van der Waals surface area contributed by atoms with Crippen LogP contribution in [0.4, 0.5) is 0 Å². The zero-order chi connectivity index (χ0) is 11.9. The maximum atomic E-state index is 11.5. The fourth-order valence-electron chi connectivity index (χ4n) is 1.35. The van der Waals surface area contributed by atoms with Crippen LogP contribution in [0.5, 0.6) is 0 Å². The molecule has 0 heterocycles. The average Bonchev–Trinajstić information content (AvgIpc) is 2.14. The van der Waals surface area contributed by atoms with Crippen molar-refractivity contribution in [3.63, 3.8) is 0 Å². The normalized spacial score (nSPS) is 16.9. The molecule has 15 heavy (non-hydrogen) atoms. The van der Waals surface area contributed by atoms with Gasteiger partial charge < -0.3 is 10.5 Å². The number of ether oxygens (including phenoxy) is 1. The van der Waals surface area contributed by atoms with Gasteiger partial charge in [-0.2, -0.15) is 11.8 Å². The highest BCUT2D eigenvalue weighted by atomic mass is 32.2. The fourth-order valence-corrected chi connectivity index (χ4v) is 2.46. The van der Waals surface area contributed by atoms with Crippen molar-refractivity contribution >= 4 is 17.7 Å². The SMILES string of the molecule is CCCSC(C)CC(C)(N)C(=O)OCC. The van der Waals surface area contributed by atoms with Crippen LogP contribution in [-0.2, 0) is 9.53 Å². The van der Waals surface area contributed by atoms with Crippen LogP contribution in [0.1, 0.15) is 40.5 Å². The Hall–Kier alpha value is -0.220. The predicted octanol–water partition coefficient (Wildman–Crippen LogP) is 2.19. The van der Waals surface area contributed by atoms with Crippen LogP contribution in [0.3, 0.4) is 0 Å². The van der Waals surface area contributed by atoms with Crippen LogP contribution < -0.4 is 5.73 Å². The Morgan fingerprint density at radius 2 is 2.13 bits per heavy atom. The minimum Gasteiger partial charge on any atom is -0.465 e. The van der Waals surface area contributed by atoms with E-state index in [4.69, 9.17) is 10.5 Å². The summed E-state index contributed by atoms with van der Waals surface area (Å²) in [5, 5.41) is 0.393. The molecule has 0 rings (SSSR count). The van der Waals surface area contributed by atoms with E-state index in [1.807, 2.05) is 11.8 Å². The summed E-state index contributed by atoms with van der Waals surface area (Å²) in [5.41, 5.74) is 5.08. The fraction of sp³-hybridized carbons (Fsp3) is 0.909. The summed E-state index contributed by atoms with van der Waals surface area (Å²) < 4.78 is 4.94. The summed E-state index contributed by atoms with van der Waals surface area (Å²) in [6.45, 7) is 8.18. The Labute approximate surface area is 97.1 Å². The van der Waals surface area contributed by atoms with E-state index in [-0.39, 0.29) is 5.97 Å². The number of hydrogen-bond acceptors (Lipinski definition) is 4. The molecule has 3 nitrogen and oxygen atoms in total. The van der Waals surface area contributed by atoms with Crippen LogP contribution in [0.15, 0.2) is 0 Å². The number of carbonyl (C=O) groups excluding carboxylic acids is 1. The van der Waals surface area contributed by atoms with E-state index >= 15 is 0 Å². The second-order valence-corrected chi connectivity index (χ2v) is 5.57. The lowest BCUT2D eigenvalue weighted by molar-refractivity contribution is -0.149. The number of carbonyl (C=O) groups is 1. The summed E-state index contributed by atoms with van der Waals surface area (Å²) in [7, 11) is 0. The largest absolute Gasteiger partial charge is 0.465 e. The topological polar surface area (TPSA) is 52.3 Å². The van der Waals surface area contributed by atoms with E-state index in [2.05, 4.69) is 13.8 Å². The lowest BCUT2D eigenvalue weighted by Crippen LogP contribution is -2.47. The van der Waals surface area contributed by atoms with Crippen molar-refractivity contribution in [2.24, 2.45) is 5.73 Å². The highest BCUT2D eigenvalue weighted by molar-refractivity contribution is 7.99. The second-order valence-electron chi connectivity index (χ2n) is 4.02. The van der Waals surface area contributed by atoms with Gasteiger partial charge in [-0.25, -0.2) is 0 Å². The van der Waals surface area contributed by atoms with Crippen molar-refractivity contribution in [3.05, 3.63) is 0 Å². The van der Waals surface area contributed by atoms with Gasteiger partial charge in [0, 0.05) is 5.25 Å². The smallest absolute Gasteiger partial charge is 0.325 e. The van der Waals surface area contributed by atoms with Gasteiger partial charge in [-0.3, -0.25) is 4.79 Å². The van der Waals surface area contributed by atoms with Gasteiger partial charge in [0.1, 0.15) is 5.54 Å². The molecule has 0 saturated carbocycles. The van der Waals surface area contributed by atoms with Gasteiger partial charge >= 0.3 is 5.97 Å². The van der Waals surface area contributed by atoms with E-state index in [9.17, 15) is 4.79 Å². The van der Waals surface area contributed by atoms with Gasteiger partial charge in [-0.15, -0.1) is 0 Å². The quantitative estimate of drug-likeness (QED) is 0.685. The third-order valence-electron chi connectivity index (χ3n) is 2.06. The molecular formula is C11H23NO2S. The van der Waals surface area contributed by atoms with Crippen molar-refractivity contribution in [2.75, 3.05) is 12.4 Å². The van der Waals surface area contributed by atoms with Gasteiger partial charge in [0.25, 0.3) is 0 Å². The molecule has 0 spiro atoms. The second kappa shape index (κ2) is 7.12. The van der Waals surface area contributed by atoms with E-state index in [1.54, 1.807) is 13.8 Å². The first-order valence-electron chi connectivity index (χ1n) is 5.51. The molecule has 2 N–H and O–H groups in total. The molecule has 0 aliphatic heterocycles. The Bertz CT molecular complexity index is 195. The summed E-state index contributed by atoms with van der Waals surface area (Å²) in [5.74, 6) is 0.814. The molecule has 0 aliphatic rings. The zero-order valence-electron chi connectivity index (χ0n) is 10.2. The Kier molecular flexibility index (Phi) is 7.02. The lowest BCUT2D eigenvalue weighted by Gasteiger charge is -2.25. The highest BCUT2D eigenvalue weighted by Crippen LogP contribution is 2.21. The summed E-state index contributed by atoms with van der Waals surface area (Å²) in [6, 6.07) is 0. The number of esters is 1. The molecule has 2 unspecified atom stereocenters. The van der Waals surface area contributed by atoms with Crippen molar-refractivity contribution in [2.45, 2.75) is 51.3 Å². The third-order valence-corrected chi connectivity index (χ3v) is 3.44. The molecule has 0 aromatic carbocycles. The molecule has 0 saturated heterocycles. The van der Waals surface area contributed by atoms with Crippen LogP contribution >= 0.6 is 11.8 Å². The van der Waals surface area contributed by atoms with Crippen LogP contribution in [0.25, 0.3) is 0 Å². The molecule has 0 aromatic rings. The lowest BCUT2D eigenvalue weighted by atomic mass is 9.98.